The Hall–Kier alpha value is -3.45. The fraction of sp³-hybridized carbons (Fsp3) is 0.174. The average Bonchev–Trinajstić information content (AvgIpc) is 3.30. The third-order valence-corrected chi connectivity index (χ3v) is 5.56. The third-order valence-electron chi connectivity index (χ3n) is 4.67. The summed E-state index contributed by atoms with van der Waals surface area (Å²) in [5, 5.41) is 11.1. The van der Waals surface area contributed by atoms with Crippen LogP contribution in [0.4, 0.5) is 0 Å². The molecule has 2 aromatic carbocycles. The zero-order chi connectivity index (χ0) is 20.9. The van der Waals surface area contributed by atoms with Gasteiger partial charge in [0, 0.05) is 12.6 Å². The van der Waals surface area contributed by atoms with E-state index in [-0.39, 0.29) is 24.6 Å². The van der Waals surface area contributed by atoms with Crippen molar-refractivity contribution in [2.24, 2.45) is 0 Å². The van der Waals surface area contributed by atoms with Gasteiger partial charge < -0.3 is 10.1 Å². The van der Waals surface area contributed by atoms with Gasteiger partial charge in [0.25, 0.3) is 11.5 Å². The number of hydrogen-bond donors (Lipinski definition) is 1. The molecule has 6 nitrogen and oxygen atoms in total. The highest BCUT2D eigenvalue weighted by molar-refractivity contribution is 7.13. The van der Waals surface area contributed by atoms with Crippen LogP contribution in [0.15, 0.2) is 70.8 Å². The maximum Gasteiger partial charge on any atom is 0.266 e. The van der Waals surface area contributed by atoms with Crippen LogP contribution in [0.5, 0.6) is 5.75 Å². The van der Waals surface area contributed by atoms with Crippen LogP contribution in [0.1, 0.15) is 17.3 Å². The molecule has 30 heavy (non-hydrogen) atoms. The predicted octanol–water partition coefficient (Wildman–Crippen LogP) is 3.95. The molecule has 0 aliphatic carbocycles. The number of carbonyl (C=O) groups excluding carboxylic acids is 1. The zero-order valence-electron chi connectivity index (χ0n) is 16.5. The van der Waals surface area contributed by atoms with Crippen LogP contribution in [0, 0.1) is 0 Å². The topological polar surface area (TPSA) is 73.2 Å². The van der Waals surface area contributed by atoms with Crippen molar-refractivity contribution < 1.29 is 9.53 Å². The minimum atomic E-state index is -0.238. The lowest BCUT2D eigenvalue weighted by Gasteiger charge is -2.14. The Bertz CT molecular complexity index is 1230. The fourth-order valence-electron chi connectivity index (χ4n) is 3.29. The normalized spacial score (nSPS) is 10.8. The number of ether oxygens (including phenoxy) is 1. The van der Waals surface area contributed by atoms with Crippen molar-refractivity contribution in [3.8, 4) is 16.3 Å². The highest BCUT2D eigenvalue weighted by atomic mass is 32.1. The summed E-state index contributed by atoms with van der Waals surface area (Å²) >= 11 is 1.56. The molecule has 0 saturated carbocycles. The number of aromatic nitrogens is 2. The number of nitrogens with one attached hydrogen (secondary N) is 1. The number of amides is 1. The van der Waals surface area contributed by atoms with Gasteiger partial charge in [-0.1, -0.05) is 36.4 Å². The first kappa shape index (κ1) is 19.8. The van der Waals surface area contributed by atoms with Gasteiger partial charge in [-0.2, -0.15) is 5.10 Å². The van der Waals surface area contributed by atoms with Gasteiger partial charge >= 0.3 is 0 Å². The molecule has 4 rings (SSSR count). The van der Waals surface area contributed by atoms with Gasteiger partial charge in [-0.05, 0) is 41.3 Å². The molecule has 0 atom stereocenters. The molecule has 0 aliphatic rings. The lowest BCUT2D eigenvalue weighted by molar-refractivity contribution is 0.0950. The molecule has 2 aromatic heterocycles. The van der Waals surface area contributed by atoms with Crippen LogP contribution in [0.3, 0.4) is 0 Å². The molecule has 4 aromatic rings. The van der Waals surface area contributed by atoms with Crippen LogP contribution in [0.2, 0.25) is 0 Å². The Morgan fingerprint density at radius 2 is 1.97 bits per heavy atom. The summed E-state index contributed by atoms with van der Waals surface area (Å²) < 4.78 is 7.06. The van der Waals surface area contributed by atoms with Crippen molar-refractivity contribution >= 4 is 28.0 Å². The van der Waals surface area contributed by atoms with Crippen LogP contribution in [-0.2, 0) is 6.54 Å². The van der Waals surface area contributed by atoms with E-state index in [1.165, 1.54) is 10.7 Å². The number of nitrogens with zero attached hydrogens (tertiary/aromatic N) is 2. The maximum atomic E-state index is 13.0. The zero-order valence-corrected chi connectivity index (χ0v) is 17.3. The van der Waals surface area contributed by atoms with Crippen LogP contribution < -0.4 is 15.6 Å². The number of fused-ring (bicyclic) bond motifs is 1. The summed E-state index contributed by atoms with van der Waals surface area (Å²) in [5.74, 6) is 0.307. The minimum absolute atomic E-state index is 0.204. The van der Waals surface area contributed by atoms with E-state index in [2.05, 4.69) is 10.4 Å². The van der Waals surface area contributed by atoms with Gasteiger partial charge in [-0.3, -0.25) is 9.59 Å². The number of carbonyl (C=O) groups is 1. The summed E-state index contributed by atoms with van der Waals surface area (Å²) in [6.07, 6.45) is 0. The summed E-state index contributed by atoms with van der Waals surface area (Å²) in [6, 6.07) is 18.6. The van der Waals surface area contributed by atoms with E-state index >= 15 is 0 Å². The first-order chi connectivity index (χ1) is 14.7. The smallest absolute Gasteiger partial charge is 0.266 e. The summed E-state index contributed by atoms with van der Waals surface area (Å²) in [5.41, 5.74) is 1.04. The highest BCUT2D eigenvalue weighted by Gasteiger charge is 2.16. The second kappa shape index (κ2) is 8.92. The molecule has 1 N–H and O–H groups in total. The molecule has 0 spiro atoms. The van der Waals surface area contributed by atoms with Gasteiger partial charge in [0.2, 0.25) is 0 Å². The van der Waals surface area contributed by atoms with E-state index in [0.717, 1.165) is 21.3 Å². The number of rotatable bonds is 7. The third kappa shape index (κ3) is 4.11. The predicted molar refractivity (Wildman–Crippen MR) is 119 cm³/mol. The molecule has 0 bridgehead atoms. The lowest BCUT2D eigenvalue weighted by Crippen LogP contribution is -2.32. The molecular formula is C23H21N3O3S. The second-order valence-corrected chi connectivity index (χ2v) is 7.55. The van der Waals surface area contributed by atoms with Gasteiger partial charge in [-0.25, -0.2) is 4.68 Å². The van der Waals surface area contributed by atoms with E-state index in [9.17, 15) is 9.59 Å². The summed E-state index contributed by atoms with van der Waals surface area (Å²) in [6.45, 7) is 2.90. The number of thiophene rings is 1. The molecule has 0 saturated heterocycles. The quantitative estimate of drug-likeness (QED) is 0.492. The molecule has 1 amide bonds. The minimum Gasteiger partial charge on any atom is -0.493 e. The Morgan fingerprint density at radius 3 is 2.77 bits per heavy atom. The molecule has 0 fully saturated rings. The largest absolute Gasteiger partial charge is 0.493 e. The Balaban J connectivity index is 1.53. The van der Waals surface area contributed by atoms with E-state index in [1.54, 1.807) is 17.4 Å². The van der Waals surface area contributed by atoms with Crippen molar-refractivity contribution in [1.82, 2.24) is 15.1 Å². The van der Waals surface area contributed by atoms with E-state index in [0.29, 0.717) is 17.9 Å². The van der Waals surface area contributed by atoms with E-state index in [1.807, 2.05) is 60.8 Å². The van der Waals surface area contributed by atoms with Crippen LogP contribution in [0.25, 0.3) is 21.3 Å². The van der Waals surface area contributed by atoms with Crippen LogP contribution >= 0.6 is 11.3 Å². The summed E-state index contributed by atoms with van der Waals surface area (Å²) in [4.78, 5) is 26.1. The van der Waals surface area contributed by atoms with Crippen molar-refractivity contribution in [1.29, 1.82) is 0 Å². The first-order valence-electron chi connectivity index (χ1n) is 9.72. The second-order valence-electron chi connectivity index (χ2n) is 6.61. The van der Waals surface area contributed by atoms with Gasteiger partial charge in [0.05, 0.1) is 23.6 Å². The molecule has 2 heterocycles. The van der Waals surface area contributed by atoms with E-state index < -0.39 is 0 Å². The number of hydrogen-bond acceptors (Lipinski definition) is 5. The maximum absolute atomic E-state index is 13.0. The van der Waals surface area contributed by atoms with Crippen molar-refractivity contribution in [2.75, 3.05) is 13.2 Å². The molecule has 152 valence electrons. The Labute approximate surface area is 177 Å². The van der Waals surface area contributed by atoms with Gasteiger partial charge in [0.1, 0.15) is 11.4 Å². The summed E-state index contributed by atoms with van der Waals surface area (Å²) in [7, 11) is 0. The molecular weight excluding hydrogens is 398 g/mol. The van der Waals surface area contributed by atoms with Crippen molar-refractivity contribution in [3.05, 3.63) is 82.0 Å². The monoisotopic (exact) mass is 419 g/mol. The first-order valence-corrected chi connectivity index (χ1v) is 10.6. The molecule has 0 aliphatic heterocycles. The Morgan fingerprint density at radius 1 is 1.10 bits per heavy atom. The SMILES string of the molecule is CCOc1ccc2ccccc2c1C(=O)NCCn1nc(-c2cccs2)ccc1=O. The van der Waals surface area contributed by atoms with Crippen LogP contribution in [-0.4, -0.2) is 28.8 Å². The Kier molecular flexibility index (Phi) is 5.90. The van der Waals surface area contributed by atoms with E-state index in [4.69, 9.17) is 4.74 Å². The van der Waals surface area contributed by atoms with Crippen molar-refractivity contribution in [3.63, 3.8) is 0 Å². The molecule has 0 unspecified atom stereocenters. The average molecular weight is 420 g/mol. The molecule has 0 radical (unpaired) electrons. The fourth-order valence-corrected chi connectivity index (χ4v) is 3.98. The highest BCUT2D eigenvalue weighted by Crippen LogP contribution is 2.28. The number of benzene rings is 2. The van der Waals surface area contributed by atoms with Crippen molar-refractivity contribution in [2.45, 2.75) is 13.5 Å². The lowest BCUT2D eigenvalue weighted by atomic mass is 10.0. The standard InChI is InChI=1S/C23H21N3O3S/c1-2-29-19-11-9-16-6-3-4-7-17(16)22(19)23(28)24-13-14-26-21(27)12-10-18(25-26)20-8-5-15-30-20/h3-12,15H,2,13-14H2,1H3,(H,24,28). The molecule has 7 heteroatoms. The van der Waals surface area contributed by atoms with Gasteiger partial charge in [-0.15, -0.1) is 11.3 Å². The van der Waals surface area contributed by atoms with Gasteiger partial charge in [0.15, 0.2) is 0 Å².